The molecule has 0 atom stereocenters. The molecule has 15 heavy (non-hydrogen) atoms. The quantitative estimate of drug-likeness (QED) is 0.651. The molecule has 1 rings (SSSR count). The lowest BCUT2D eigenvalue weighted by molar-refractivity contribution is -0.120. The molecule has 1 amide bonds. The van der Waals surface area contributed by atoms with Crippen LogP contribution in [0.2, 0.25) is 0 Å². The lowest BCUT2D eigenvalue weighted by Crippen LogP contribution is -2.33. The van der Waals surface area contributed by atoms with E-state index >= 15 is 0 Å². The first-order valence-electron chi connectivity index (χ1n) is 4.91. The van der Waals surface area contributed by atoms with Crippen molar-refractivity contribution in [3.8, 4) is 5.75 Å². The van der Waals surface area contributed by atoms with Gasteiger partial charge in [0.25, 0.3) is 0 Å². The second-order valence-corrected chi connectivity index (χ2v) is 3.30. The third kappa shape index (κ3) is 4.46. The Morgan fingerprint density at radius 3 is 2.60 bits per heavy atom. The second kappa shape index (κ2) is 6.03. The van der Waals surface area contributed by atoms with Crippen molar-refractivity contribution in [1.29, 1.82) is 0 Å². The minimum atomic E-state index is -0.00345. The van der Waals surface area contributed by atoms with Crippen molar-refractivity contribution in [1.82, 2.24) is 10.6 Å². The first-order chi connectivity index (χ1) is 7.22. The molecule has 1 aromatic carbocycles. The number of rotatable bonds is 5. The number of carbonyl (C=O) groups is 1. The van der Waals surface area contributed by atoms with Gasteiger partial charge in [-0.05, 0) is 31.2 Å². The second-order valence-electron chi connectivity index (χ2n) is 3.30. The summed E-state index contributed by atoms with van der Waals surface area (Å²) in [6.45, 7) is 0.959. The molecule has 0 spiro atoms. The van der Waals surface area contributed by atoms with Crippen LogP contribution in [0.1, 0.15) is 5.56 Å². The van der Waals surface area contributed by atoms with Crippen LogP contribution in [0.25, 0.3) is 0 Å². The number of aromatic hydroxyl groups is 1. The maximum Gasteiger partial charge on any atom is 0.233 e. The highest BCUT2D eigenvalue weighted by atomic mass is 16.3. The van der Waals surface area contributed by atoms with Gasteiger partial charge in [-0.15, -0.1) is 0 Å². The van der Waals surface area contributed by atoms with E-state index < -0.39 is 0 Å². The smallest absolute Gasteiger partial charge is 0.233 e. The summed E-state index contributed by atoms with van der Waals surface area (Å²) < 4.78 is 0. The number of hydrogen-bond acceptors (Lipinski definition) is 3. The highest BCUT2D eigenvalue weighted by molar-refractivity contribution is 5.77. The van der Waals surface area contributed by atoms with Gasteiger partial charge in [-0.3, -0.25) is 4.79 Å². The summed E-state index contributed by atoms with van der Waals surface area (Å²) in [5, 5.41) is 14.6. The van der Waals surface area contributed by atoms with E-state index in [-0.39, 0.29) is 11.7 Å². The van der Waals surface area contributed by atoms with Crippen molar-refractivity contribution in [2.75, 3.05) is 20.1 Å². The molecule has 0 saturated heterocycles. The molecule has 0 saturated carbocycles. The number of hydrogen-bond donors (Lipinski definition) is 3. The summed E-state index contributed by atoms with van der Waals surface area (Å²) in [5.74, 6) is 0.259. The summed E-state index contributed by atoms with van der Waals surface area (Å²) in [6, 6.07) is 6.98. The first-order valence-corrected chi connectivity index (χ1v) is 4.91. The maximum atomic E-state index is 11.1. The number of likely N-dealkylation sites (N-methyl/N-ethyl adjacent to an activating group) is 1. The fourth-order valence-electron chi connectivity index (χ4n) is 1.23. The van der Waals surface area contributed by atoms with E-state index in [4.69, 9.17) is 5.11 Å². The van der Waals surface area contributed by atoms with Gasteiger partial charge < -0.3 is 15.7 Å². The highest BCUT2D eigenvalue weighted by Gasteiger charge is 1.98. The Morgan fingerprint density at radius 1 is 1.33 bits per heavy atom. The van der Waals surface area contributed by atoms with Gasteiger partial charge in [0.05, 0.1) is 6.54 Å². The normalized spacial score (nSPS) is 9.93. The average Bonchev–Trinajstić information content (AvgIpc) is 2.21. The highest BCUT2D eigenvalue weighted by Crippen LogP contribution is 2.09. The molecule has 0 aliphatic rings. The molecular formula is C11H16N2O2. The van der Waals surface area contributed by atoms with Crippen LogP contribution in [0.5, 0.6) is 5.75 Å². The van der Waals surface area contributed by atoms with Crippen molar-refractivity contribution >= 4 is 5.91 Å². The minimum absolute atomic E-state index is 0.00345. The van der Waals surface area contributed by atoms with Crippen LogP contribution in [0.3, 0.4) is 0 Å². The summed E-state index contributed by atoms with van der Waals surface area (Å²) >= 11 is 0. The van der Waals surface area contributed by atoms with Gasteiger partial charge in [-0.2, -0.15) is 0 Å². The zero-order valence-corrected chi connectivity index (χ0v) is 8.79. The van der Waals surface area contributed by atoms with E-state index in [1.54, 1.807) is 19.2 Å². The molecule has 0 aliphatic heterocycles. The number of phenols is 1. The molecule has 0 heterocycles. The fourth-order valence-corrected chi connectivity index (χ4v) is 1.23. The van der Waals surface area contributed by atoms with E-state index in [1.807, 2.05) is 12.1 Å². The lowest BCUT2D eigenvalue weighted by Gasteiger charge is -2.04. The molecule has 3 N–H and O–H groups in total. The molecule has 1 aromatic rings. The van der Waals surface area contributed by atoms with Crippen LogP contribution in [-0.2, 0) is 11.2 Å². The predicted molar refractivity (Wildman–Crippen MR) is 58.7 cm³/mol. The monoisotopic (exact) mass is 208 g/mol. The van der Waals surface area contributed by atoms with Crippen molar-refractivity contribution in [2.45, 2.75) is 6.42 Å². The van der Waals surface area contributed by atoms with Crippen LogP contribution in [0, 0.1) is 0 Å². The van der Waals surface area contributed by atoms with Gasteiger partial charge in [0, 0.05) is 6.54 Å². The Labute approximate surface area is 89.3 Å². The number of carbonyl (C=O) groups excluding carboxylic acids is 1. The van der Waals surface area contributed by atoms with E-state index in [1.165, 1.54) is 0 Å². The van der Waals surface area contributed by atoms with Gasteiger partial charge in [0.1, 0.15) is 5.75 Å². The minimum Gasteiger partial charge on any atom is -0.508 e. The van der Waals surface area contributed by atoms with Crippen molar-refractivity contribution in [3.05, 3.63) is 29.8 Å². The van der Waals surface area contributed by atoms with Crippen LogP contribution in [0.4, 0.5) is 0 Å². The van der Waals surface area contributed by atoms with E-state index in [0.29, 0.717) is 13.1 Å². The Bertz CT molecular complexity index is 309. The van der Waals surface area contributed by atoms with Crippen LogP contribution in [-0.4, -0.2) is 31.2 Å². The summed E-state index contributed by atoms with van der Waals surface area (Å²) in [5.41, 5.74) is 1.09. The predicted octanol–water partition coefficient (Wildman–Crippen LogP) is 0.270. The van der Waals surface area contributed by atoms with E-state index in [0.717, 1.165) is 12.0 Å². The third-order valence-electron chi connectivity index (χ3n) is 2.01. The van der Waals surface area contributed by atoms with Gasteiger partial charge in [-0.1, -0.05) is 12.1 Å². The van der Waals surface area contributed by atoms with Gasteiger partial charge in [-0.25, -0.2) is 0 Å². The number of phenolic OH excluding ortho intramolecular Hbond substituents is 1. The van der Waals surface area contributed by atoms with Crippen LogP contribution < -0.4 is 10.6 Å². The van der Waals surface area contributed by atoms with E-state index in [9.17, 15) is 4.79 Å². The topological polar surface area (TPSA) is 61.4 Å². The SMILES string of the molecule is CNCC(=O)NCCc1ccc(O)cc1. The number of amides is 1. The Kier molecular flexibility index (Phi) is 4.63. The molecule has 0 fully saturated rings. The molecule has 4 heteroatoms. The fraction of sp³-hybridized carbons (Fsp3) is 0.364. The summed E-state index contributed by atoms with van der Waals surface area (Å²) in [4.78, 5) is 11.1. The van der Waals surface area contributed by atoms with Gasteiger partial charge in [0.15, 0.2) is 0 Å². The third-order valence-corrected chi connectivity index (χ3v) is 2.01. The van der Waals surface area contributed by atoms with Crippen molar-refractivity contribution in [2.24, 2.45) is 0 Å². The Morgan fingerprint density at radius 2 is 2.00 bits per heavy atom. The molecule has 0 radical (unpaired) electrons. The largest absolute Gasteiger partial charge is 0.508 e. The first kappa shape index (κ1) is 11.5. The molecule has 82 valence electrons. The van der Waals surface area contributed by atoms with Gasteiger partial charge >= 0.3 is 0 Å². The number of nitrogens with one attached hydrogen (secondary N) is 2. The lowest BCUT2D eigenvalue weighted by atomic mass is 10.1. The van der Waals surface area contributed by atoms with Crippen LogP contribution in [0.15, 0.2) is 24.3 Å². The molecule has 0 bridgehead atoms. The molecular weight excluding hydrogens is 192 g/mol. The Hall–Kier alpha value is -1.55. The molecule has 0 aliphatic carbocycles. The average molecular weight is 208 g/mol. The standard InChI is InChI=1S/C11H16N2O2/c1-12-8-11(15)13-7-6-9-2-4-10(14)5-3-9/h2-5,12,14H,6-8H2,1H3,(H,13,15). The zero-order valence-electron chi connectivity index (χ0n) is 8.79. The van der Waals surface area contributed by atoms with Crippen molar-refractivity contribution < 1.29 is 9.90 Å². The zero-order chi connectivity index (χ0) is 11.1. The molecule has 4 nitrogen and oxygen atoms in total. The molecule has 0 aromatic heterocycles. The van der Waals surface area contributed by atoms with E-state index in [2.05, 4.69) is 10.6 Å². The maximum absolute atomic E-state index is 11.1. The van der Waals surface area contributed by atoms with Crippen molar-refractivity contribution in [3.63, 3.8) is 0 Å². The summed E-state index contributed by atoms with van der Waals surface area (Å²) in [7, 11) is 1.74. The van der Waals surface area contributed by atoms with Gasteiger partial charge in [0.2, 0.25) is 5.91 Å². The number of benzene rings is 1. The molecule has 0 unspecified atom stereocenters. The Balaban J connectivity index is 2.26. The van der Waals surface area contributed by atoms with Crippen LogP contribution >= 0.6 is 0 Å². The summed E-state index contributed by atoms with van der Waals surface area (Å²) in [6.07, 6.45) is 0.774.